The average molecular weight is 343 g/mol. The van der Waals surface area contributed by atoms with Crippen molar-refractivity contribution in [1.29, 1.82) is 0 Å². The first-order valence-corrected chi connectivity index (χ1v) is 9.79. The Bertz CT molecular complexity index is 340. The fraction of sp³-hybridized carbons (Fsp3) is 0.895. The van der Waals surface area contributed by atoms with Crippen LogP contribution in [0.3, 0.4) is 0 Å². The summed E-state index contributed by atoms with van der Waals surface area (Å²) in [5.41, 5.74) is 5.79. The van der Waals surface area contributed by atoms with E-state index in [9.17, 15) is 4.79 Å². The molecule has 142 valence electrons. The highest BCUT2D eigenvalue weighted by Crippen LogP contribution is 2.12. The molecule has 5 heteroatoms. The Hall–Kier alpha value is -1.26. The van der Waals surface area contributed by atoms with Crippen molar-refractivity contribution >= 4 is 11.9 Å². The second kappa shape index (κ2) is 16.6. The van der Waals surface area contributed by atoms with Crippen LogP contribution in [-0.4, -0.2) is 42.3 Å². The van der Waals surface area contributed by atoms with Gasteiger partial charge in [0.1, 0.15) is 0 Å². The van der Waals surface area contributed by atoms with Crippen molar-refractivity contribution in [3.63, 3.8) is 0 Å². The quantitative estimate of drug-likeness (QED) is 0.173. The summed E-state index contributed by atoms with van der Waals surface area (Å²) < 4.78 is 1.90. The van der Waals surface area contributed by atoms with Crippen LogP contribution in [0.5, 0.6) is 0 Å². The van der Waals surface area contributed by atoms with Gasteiger partial charge in [-0.25, -0.2) is 0 Å². The molecule has 0 unspecified atom stereocenters. The number of carboxylic acids is 1. The molecule has 0 spiro atoms. The van der Waals surface area contributed by atoms with Crippen LogP contribution in [-0.2, 0) is 4.79 Å². The van der Waals surface area contributed by atoms with E-state index >= 15 is 0 Å². The molecule has 0 bridgehead atoms. The van der Waals surface area contributed by atoms with Gasteiger partial charge in [-0.3, -0.25) is 20.4 Å². The molecule has 0 aromatic heterocycles. The van der Waals surface area contributed by atoms with E-state index in [-0.39, 0.29) is 0 Å². The lowest BCUT2D eigenvalue weighted by molar-refractivity contribution is -0.467. The van der Waals surface area contributed by atoms with E-state index in [1.165, 1.54) is 70.6 Å². The van der Waals surface area contributed by atoms with E-state index in [2.05, 4.69) is 5.32 Å². The van der Waals surface area contributed by atoms with Gasteiger partial charge >= 0.3 is 11.9 Å². The lowest BCUT2D eigenvalue weighted by atomic mass is 10.0. The van der Waals surface area contributed by atoms with Crippen LogP contribution >= 0.6 is 0 Å². The Labute approximate surface area is 148 Å². The predicted octanol–water partition coefficient (Wildman–Crippen LogP) is 3.71. The van der Waals surface area contributed by atoms with Crippen LogP contribution in [0.2, 0.25) is 0 Å². The van der Waals surface area contributed by atoms with Gasteiger partial charge in [0, 0.05) is 6.42 Å². The van der Waals surface area contributed by atoms with Crippen molar-refractivity contribution in [2.24, 2.45) is 5.73 Å². The van der Waals surface area contributed by atoms with E-state index < -0.39 is 5.97 Å². The van der Waals surface area contributed by atoms with Gasteiger partial charge in [0.2, 0.25) is 0 Å². The van der Waals surface area contributed by atoms with Crippen molar-refractivity contribution in [2.45, 2.75) is 89.9 Å². The van der Waals surface area contributed by atoms with Gasteiger partial charge < -0.3 is 5.11 Å². The number of unbranched alkanes of at least 4 members (excludes halogenated alkanes) is 12. The van der Waals surface area contributed by atoms with Crippen molar-refractivity contribution in [2.75, 3.05) is 20.6 Å². The van der Waals surface area contributed by atoms with Gasteiger partial charge in [0.15, 0.2) is 0 Å². The number of hydrogen-bond donors (Lipinski definition) is 3. The van der Waals surface area contributed by atoms with Crippen LogP contribution in [0, 0.1) is 0 Å². The van der Waals surface area contributed by atoms with Crippen LogP contribution in [0.25, 0.3) is 0 Å². The second-order valence-corrected chi connectivity index (χ2v) is 6.95. The summed E-state index contributed by atoms with van der Waals surface area (Å²) in [6.45, 7) is 0.969. The third kappa shape index (κ3) is 17.1. The van der Waals surface area contributed by atoms with E-state index in [0.717, 1.165) is 25.3 Å². The first-order chi connectivity index (χ1) is 11.5. The summed E-state index contributed by atoms with van der Waals surface area (Å²) in [6.07, 6.45) is 16.6. The Morgan fingerprint density at radius 2 is 1.17 bits per heavy atom. The van der Waals surface area contributed by atoms with Gasteiger partial charge in [-0.1, -0.05) is 70.6 Å². The molecule has 0 rings (SSSR count). The molecule has 5 nitrogen and oxygen atoms in total. The standard InChI is InChI=1S/C19H39N3O2/c1-22(2)19(20)21-17-15-13-11-9-7-5-3-4-6-8-10-12-14-16-18(23)24/h3-17H2,1-2H3,(H3,20,21,23,24)/p+1. The largest absolute Gasteiger partial charge is 0.481 e. The van der Waals surface area contributed by atoms with Crippen LogP contribution in [0.1, 0.15) is 89.9 Å². The number of hydrogen-bond acceptors (Lipinski definition) is 1. The number of nitrogens with two attached hydrogens (primary N) is 1. The first kappa shape index (κ1) is 22.7. The average Bonchev–Trinajstić information content (AvgIpc) is 2.53. The molecule has 24 heavy (non-hydrogen) atoms. The van der Waals surface area contributed by atoms with Gasteiger partial charge in [-0.05, 0) is 12.8 Å². The Morgan fingerprint density at radius 1 is 0.792 bits per heavy atom. The van der Waals surface area contributed by atoms with Crippen LogP contribution in [0.4, 0.5) is 0 Å². The maximum atomic E-state index is 10.4. The highest BCUT2D eigenvalue weighted by Gasteiger charge is 1.99. The SMILES string of the molecule is C[N+](C)=C(N)NCCCCCCCCCCCCCCCC(=O)O. The van der Waals surface area contributed by atoms with Crippen molar-refractivity contribution in [1.82, 2.24) is 5.32 Å². The van der Waals surface area contributed by atoms with Crippen LogP contribution in [0.15, 0.2) is 0 Å². The molecule has 0 amide bonds. The molecule has 0 saturated heterocycles. The second-order valence-electron chi connectivity index (χ2n) is 6.95. The Kier molecular flexibility index (Phi) is 15.7. The first-order valence-electron chi connectivity index (χ1n) is 9.79. The zero-order valence-corrected chi connectivity index (χ0v) is 16.0. The number of carboxylic acid groups (broad SMARTS) is 1. The smallest absolute Gasteiger partial charge is 0.342 e. The Balaban J connectivity index is 3.10. The number of nitrogens with zero attached hydrogens (tertiary/aromatic N) is 1. The number of nitrogens with one attached hydrogen (secondary N) is 1. The van der Waals surface area contributed by atoms with Gasteiger partial charge in [-0.2, -0.15) is 0 Å². The van der Waals surface area contributed by atoms with Gasteiger partial charge in [0.05, 0.1) is 20.6 Å². The van der Waals surface area contributed by atoms with Crippen molar-refractivity contribution in [3.05, 3.63) is 0 Å². The highest BCUT2D eigenvalue weighted by molar-refractivity contribution is 5.72. The lowest BCUT2D eigenvalue weighted by Crippen LogP contribution is -2.38. The molecule has 0 aliphatic carbocycles. The molecular weight excluding hydrogens is 302 g/mol. The number of guanidine groups is 1. The van der Waals surface area contributed by atoms with Gasteiger partial charge in [-0.15, -0.1) is 0 Å². The summed E-state index contributed by atoms with van der Waals surface area (Å²) in [6, 6.07) is 0. The molecule has 0 aromatic carbocycles. The molecule has 0 aliphatic heterocycles. The molecular formula is C19H40N3O2+. The molecule has 0 saturated carbocycles. The molecule has 0 fully saturated rings. The zero-order valence-electron chi connectivity index (χ0n) is 16.0. The summed E-state index contributed by atoms with van der Waals surface area (Å²) >= 11 is 0. The molecule has 0 aromatic rings. The normalized spacial score (nSPS) is 10.6. The summed E-state index contributed by atoms with van der Waals surface area (Å²) in [4.78, 5) is 10.4. The minimum Gasteiger partial charge on any atom is -0.481 e. The number of rotatable bonds is 16. The van der Waals surface area contributed by atoms with E-state index in [0.29, 0.717) is 6.42 Å². The maximum Gasteiger partial charge on any atom is 0.342 e. The minimum atomic E-state index is -0.665. The summed E-state index contributed by atoms with van der Waals surface area (Å²) in [5.74, 6) is 0.0826. The van der Waals surface area contributed by atoms with E-state index in [1.54, 1.807) is 0 Å². The zero-order chi connectivity index (χ0) is 18.0. The topological polar surface area (TPSA) is 78.4 Å². The Morgan fingerprint density at radius 3 is 1.54 bits per heavy atom. The van der Waals surface area contributed by atoms with Gasteiger partial charge in [0.25, 0.3) is 0 Å². The summed E-state index contributed by atoms with van der Waals surface area (Å²) in [7, 11) is 3.89. The predicted molar refractivity (Wildman–Crippen MR) is 102 cm³/mol. The molecule has 4 N–H and O–H groups in total. The van der Waals surface area contributed by atoms with Crippen LogP contribution < -0.4 is 11.1 Å². The highest BCUT2D eigenvalue weighted by atomic mass is 16.4. The van der Waals surface area contributed by atoms with Crippen molar-refractivity contribution in [3.8, 4) is 0 Å². The maximum absolute atomic E-state index is 10.4. The third-order valence-electron chi connectivity index (χ3n) is 4.36. The monoisotopic (exact) mass is 342 g/mol. The minimum absolute atomic E-state index is 0.331. The van der Waals surface area contributed by atoms with Crippen molar-refractivity contribution < 1.29 is 14.5 Å². The van der Waals surface area contributed by atoms with E-state index in [4.69, 9.17) is 10.8 Å². The lowest BCUT2D eigenvalue weighted by Gasteiger charge is -2.04. The third-order valence-corrected chi connectivity index (χ3v) is 4.36. The fourth-order valence-corrected chi connectivity index (χ4v) is 2.72. The fourth-order valence-electron chi connectivity index (χ4n) is 2.72. The summed E-state index contributed by atoms with van der Waals surface area (Å²) in [5, 5.41) is 11.8. The molecule has 0 heterocycles. The molecule has 0 radical (unpaired) electrons. The molecule has 0 atom stereocenters. The number of carbonyl (C=O) groups is 1. The molecule has 0 aliphatic rings. The van der Waals surface area contributed by atoms with E-state index in [1.807, 2.05) is 18.7 Å². The number of aliphatic carboxylic acids is 1.